The van der Waals surface area contributed by atoms with E-state index in [9.17, 15) is 0 Å². The van der Waals surface area contributed by atoms with Gasteiger partial charge in [0, 0.05) is 6.61 Å². The molecule has 0 unspecified atom stereocenters. The van der Waals surface area contributed by atoms with Crippen molar-refractivity contribution >= 4 is 0 Å². The van der Waals surface area contributed by atoms with Crippen molar-refractivity contribution in [1.29, 1.82) is 0 Å². The first kappa shape index (κ1) is 32.8. The molecule has 0 aromatic carbocycles. The van der Waals surface area contributed by atoms with Crippen molar-refractivity contribution in [2.45, 2.75) is 122 Å². The third-order valence-corrected chi connectivity index (χ3v) is 5.99. The molecule has 0 aliphatic carbocycles. The van der Waals surface area contributed by atoms with E-state index in [4.69, 9.17) is 24.1 Å². The van der Waals surface area contributed by atoms with E-state index in [-0.39, 0.29) is 6.61 Å². The Bertz CT molecular complexity index is 297. The van der Waals surface area contributed by atoms with Crippen molar-refractivity contribution in [2.75, 3.05) is 59.5 Å². The van der Waals surface area contributed by atoms with Gasteiger partial charge in [0.2, 0.25) is 0 Å². The quantitative estimate of drug-likeness (QED) is 0.113. The molecular formula is C28H58O5. The normalized spacial score (nSPS) is 11.5. The molecule has 0 aromatic heterocycles. The number of rotatable bonds is 30. The Morgan fingerprint density at radius 1 is 0.333 bits per heavy atom. The lowest BCUT2D eigenvalue weighted by molar-refractivity contribution is -0.00577. The lowest BCUT2D eigenvalue weighted by atomic mass is 10.0. The molecule has 0 fully saturated rings. The van der Waals surface area contributed by atoms with Gasteiger partial charge in [0.05, 0.1) is 52.9 Å². The van der Waals surface area contributed by atoms with Crippen LogP contribution >= 0.6 is 0 Å². The molecule has 5 nitrogen and oxygen atoms in total. The highest BCUT2D eigenvalue weighted by atomic mass is 16.6. The monoisotopic (exact) mass is 474 g/mol. The van der Waals surface area contributed by atoms with Crippen molar-refractivity contribution in [3.05, 3.63) is 0 Å². The molecule has 5 heteroatoms. The van der Waals surface area contributed by atoms with Crippen LogP contribution in [-0.4, -0.2) is 64.6 Å². The molecule has 0 spiro atoms. The summed E-state index contributed by atoms with van der Waals surface area (Å²) in [5.74, 6) is 0. The van der Waals surface area contributed by atoms with Gasteiger partial charge in [0.15, 0.2) is 0 Å². The Morgan fingerprint density at radius 3 is 0.939 bits per heavy atom. The molecule has 0 atom stereocenters. The van der Waals surface area contributed by atoms with Crippen LogP contribution in [0.4, 0.5) is 0 Å². The number of hydrogen-bond donors (Lipinski definition) is 1. The maximum Gasteiger partial charge on any atom is 0.0701 e. The molecule has 1 N–H and O–H groups in total. The summed E-state index contributed by atoms with van der Waals surface area (Å²) in [5.41, 5.74) is 0. The van der Waals surface area contributed by atoms with Crippen LogP contribution in [0.25, 0.3) is 0 Å². The number of aliphatic hydroxyl groups is 1. The molecule has 0 saturated carbocycles. The van der Waals surface area contributed by atoms with E-state index in [1.807, 2.05) is 0 Å². The first-order valence-electron chi connectivity index (χ1n) is 14.3. The third-order valence-electron chi connectivity index (χ3n) is 5.99. The zero-order valence-electron chi connectivity index (χ0n) is 22.2. The van der Waals surface area contributed by atoms with Crippen LogP contribution in [0.3, 0.4) is 0 Å². The Morgan fingerprint density at radius 2 is 0.606 bits per heavy atom. The third kappa shape index (κ3) is 31.8. The maximum absolute atomic E-state index is 8.57. The number of unbranched alkanes of at least 4 members (excludes halogenated alkanes) is 17. The summed E-state index contributed by atoms with van der Waals surface area (Å²) in [6.07, 6.45) is 25.3. The first-order chi connectivity index (χ1) is 16.4. The summed E-state index contributed by atoms with van der Waals surface area (Å²) >= 11 is 0. The highest BCUT2D eigenvalue weighted by Crippen LogP contribution is 2.14. The molecular weight excluding hydrogens is 416 g/mol. The highest BCUT2D eigenvalue weighted by molar-refractivity contribution is 4.50. The van der Waals surface area contributed by atoms with Gasteiger partial charge in [0.25, 0.3) is 0 Å². The highest BCUT2D eigenvalue weighted by Gasteiger charge is 1.96. The molecule has 0 aliphatic heterocycles. The summed E-state index contributed by atoms with van der Waals surface area (Å²) in [6, 6.07) is 0. The Labute approximate surface area is 206 Å². The summed E-state index contributed by atoms with van der Waals surface area (Å²) in [4.78, 5) is 0. The number of aliphatic hydroxyl groups excluding tert-OH is 1. The molecule has 0 aliphatic rings. The molecule has 0 amide bonds. The fourth-order valence-corrected chi connectivity index (χ4v) is 3.93. The fraction of sp³-hybridized carbons (Fsp3) is 1.00. The number of ether oxygens (including phenoxy) is 4. The average Bonchev–Trinajstić information content (AvgIpc) is 2.83. The lowest BCUT2D eigenvalue weighted by Gasteiger charge is -2.07. The van der Waals surface area contributed by atoms with Gasteiger partial charge in [-0.1, -0.05) is 116 Å². The van der Waals surface area contributed by atoms with Gasteiger partial charge >= 0.3 is 0 Å². The van der Waals surface area contributed by atoms with E-state index in [1.165, 1.54) is 109 Å². The molecule has 0 bridgehead atoms. The minimum atomic E-state index is 0.0582. The lowest BCUT2D eigenvalue weighted by Crippen LogP contribution is -2.12. The van der Waals surface area contributed by atoms with Gasteiger partial charge in [-0.25, -0.2) is 0 Å². The van der Waals surface area contributed by atoms with Crippen LogP contribution in [0.15, 0.2) is 0 Å². The van der Waals surface area contributed by atoms with E-state index < -0.39 is 0 Å². The smallest absolute Gasteiger partial charge is 0.0701 e. The molecule has 0 rings (SSSR count). The summed E-state index contributed by atoms with van der Waals surface area (Å²) in [5, 5.41) is 8.57. The summed E-state index contributed by atoms with van der Waals surface area (Å²) < 4.78 is 21.6. The predicted octanol–water partition coefficient (Wildman–Crippen LogP) is 7.09. The maximum atomic E-state index is 8.57. The van der Waals surface area contributed by atoms with E-state index in [2.05, 4.69) is 6.92 Å². The number of hydrogen-bond acceptors (Lipinski definition) is 5. The van der Waals surface area contributed by atoms with Crippen LogP contribution in [-0.2, 0) is 18.9 Å². The van der Waals surface area contributed by atoms with Crippen LogP contribution in [0.5, 0.6) is 0 Å². The molecule has 0 saturated heterocycles. The van der Waals surface area contributed by atoms with E-state index in [1.54, 1.807) is 0 Å². The molecule has 0 radical (unpaired) electrons. The van der Waals surface area contributed by atoms with Gasteiger partial charge in [0.1, 0.15) is 0 Å². The molecule has 33 heavy (non-hydrogen) atoms. The minimum absolute atomic E-state index is 0.0582. The van der Waals surface area contributed by atoms with Gasteiger partial charge < -0.3 is 24.1 Å². The summed E-state index contributed by atoms with van der Waals surface area (Å²) in [6.45, 7) is 7.08. The molecule has 0 heterocycles. The fourth-order valence-electron chi connectivity index (χ4n) is 3.93. The van der Waals surface area contributed by atoms with E-state index >= 15 is 0 Å². The molecule has 200 valence electrons. The zero-order chi connectivity index (χ0) is 23.9. The van der Waals surface area contributed by atoms with Gasteiger partial charge in [-0.05, 0) is 6.42 Å². The van der Waals surface area contributed by atoms with Crippen molar-refractivity contribution in [3.8, 4) is 0 Å². The Hall–Kier alpha value is -0.200. The van der Waals surface area contributed by atoms with Crippen molar-refractivity contribution in [3.63, 3.8) is 0 Å². The molecule has 0 aromatic rings. The minimum Gasteiger partial charge on any atom is -0.394 e. The van der Waals surface area contributed by atoms with Gasteiger partial charge in [-0.3, -0.25) is 0 Å². The van der Waals surface area contributed by atoms with E-state index in [0.29, 0.717) is 46.2 Å². The van der Waals surface area contributed by atoms with Crippen LogP contribution in [0.1, 0.15) is 122 Å². The van der Waals surface area contributed by atoms with Crippen molar-refractivity contribution < 1.29 is 24.1 Å². The largest absolute Gasteiger partial charge is 0.394 e. The second kappa shape index (κ2) is 31.8. The standard InChI is InChI=1S/C28H58O5/c1-2-3-4-5-6-7-8-9-10-11-12-13-14-15-16-17-18-19-21-30-23-25-32-27-28-33-26-24-31-22-20-29/h29H,2-28H2,1H3. The SMILES string of the molecule is CCCCCCCCCCCCCCCCCCCCOCCOCCOCCOCCO. The second-order valence-corrected chi connectivity index (χ2v) is 9.18. The van der Waals surface area contributed by atoms with Gasteiger partial charge in [-0.15, -0.1) is 0 Å². The Kier molecular flexibility index (Phi) is 31.6. The van der Waals surface area contributed by atoms with Gasteiger partial charge in [-0.2, -0.15) is 0 Å². The summed E-state index contributed by atoms with van der Waals surface area (Å²) in [7, 11) is 0. The van der Waals surface area contributed by atoms with Crippen LogP contribution in [0.2, 0.25) is 0 Å². The van der Waals surface area contributed by atoms with Crippen LogP contribution in [0, 0.1) is 0 Å². The average molecular weight is 475 g/mol. The Balaban J connectivity index is 2.99. The van der Waals surface area contributed by atoms with Crippen LogP contribution < -0.4 is 0 Å². The van der Waals surface area contributed by atoms with Crippen molar-refractivity contribution in [1.82, 2.24) is 0 Å². The topological polar surface area (TPSA) is 57.2 Å². The predicted molar refractivity (Wildman–Crippen MR) is 139 cm³/mol. The zero-order valence-corrected chi connectivity index (χ0v) is 22.2. The first-order valence-corrected chi connectivity index (χ1v) is 14.3. The second-order valence-electron chi connectivity index (χ2n) is 9.18. The van der Waals surface area contributed by atoms with Crippen molar-refractivity contribution in [2.24, 2.45) is 0 Å². The van der Waals surface area contributed by atoms with E-state index in [0.717, 1.165) is 13.0 Å².